The molecule has 11 nitrogen and oxygen atoms in total. The number of phenols is 1. The summed E-state index contributed by atoms with van der Waals surface area (Å²) >= 11 is 4.15. The molecule has 0 aliphatic rings. The molecular weight excluding hydrogens is 486 g/mol. The highest BCUT2D eigenvalue weighted by Gasteiger charge is 2.30. The molecule has 1 rings (SSSR count). The molecule has 0 fully saturated rings. The van der Waals surface area contributed by atoms with Crippen molar-refractivity contribution in [3.63, 3.8) is 0 Å². The molecule has 0 aliphatic carbocycles. The Morgan fingerprint density at radius 3 is 2.00 bits per heavy atom. The van der Waals surface area contributed by atoms with E-state index >= 15 is 0 Å². The summed E-state index contributed by atoms with van der Waals surface area (Å²) in [7, 11) is 0. The molecule has 9 N–H and O–H groups in total. The predicted molar refractivity (Wildman–Crippen MR) is 139 cm³/mol. The molecule has 4 atom stereocenters. The van der Waals surface area contributed by atoms with Crippen LogP contribution in [0.5, 0.6) is 5.75 Å². The highest BCUT2D eigenvalue weighted by molar-refractivity contribution is 7.80. The maximum atomic E-state index is 13.1. The van der Waals surface area contributed by atoms with Gasteiger partial charge < -0.3 is 37.6 Å². The minimum absolute atomic E-state index is 0.00868. The zero-order valence-corrected chi connectivity index (χ0v) is 21.7. The first-order valence-electron chi connectivity index (χ1n) is 12.0. The number of carbonyl (C=O) groups excluding carboxylic acids is 3. The molecular formula is C24H39N5O6S. The molecule has 0 saturated carbocycles. The summed E-state index contributed by atoms with van der Waals surface area (Å²) in [6, 6.07) is 1.88. The van der Waals surface area contributed by atoms with Crippen molar-refractivity contribution in [3.05, 3.63) is 29.8 Å². The molecule has 0 aliphatic heterocycles. The van der Waals surface area contributed by atoms with Crippen molar-refractivity contribution in [2.24, 2.45) is 17.4 Å². The fourth-order valence-corrected chi connectivity index (χ4v) is 3.68. The Labute approximate surface area is 217 Å². The third kappa shape index (κ3) is 11.3. The van der Waals surface area contributed by atoms with Crippen molar-refractivity contribution in [2.45, 2.75) is 70.1 Å². The number of carboxylic acids is 1. The van der Waals surface area contributed by atoms with Crippen LogP contribution in [-0.4, -0.2) is 70.4 Å². The lowest BCUT2D eigenvalue weighted by atomic mass is 10.0. The minimum atomic E-state index is -1.18. The standard InChI is InChI=1S/C24H39N5O6S/c1-14(2)11-19(24(34)35)28-22(32)18(12-15-6-8-16(30)9-7-15)27-23(33)20(13-36)29-21(31)17(26)5-3-4-10-25/h6-9,14,17-20,30,36H,3-5,10-13,25-26H2,1-2H3,(H,27,33)(H,28,32)(H,29,31)(H,34,35). The largest absolute Gasteiger partial charge is 0.508 e. The number of rotatable bonds is 16. The van der Waals surface area contributed by atoms with E-state index in [0.29, 0.717) is 24.9 Å². The summed E-state index contributed by atoms with van der Waals surface area (Å²) < 4.78 is 0. The van der Waals surface area contributed by atoms with Crippen LogP contribution in [0, 0.1) is 5.92 Å². The van der Waals surface area contributed by atoms with Gasteiger partial charge in [-0.15, -0.1) is 0 Å². The first-order valence-corrected chi connectivity index (χ1v) is 12.6. The maximum Gasteiger partial charge on any atom is 0.326 e. The van der Waals surface area contributed by atoms with E-state index in [2.05, 4.69) is 28.6 Å². The normalized spacial score (nSPS) is 14.4. The van der Waals surface area contributed by atoms with Gasteiger partial charge in [0.05, 0.1) is 6.04 Å². The van der Waals surface area contributed by atoms with Gasteiger partial charge in [0.25, 0.3) is 0 Å². The van der Waals surface area contributed by atoms with Crippen LogP contribution >= 0.6 is 12.6 Å². The predicted octanol–water partition coefficient (Wildman–Crippen LogP) is -0.0941. The van der Waals surface area contributed by atoms with Gasteiger partial charge in [0.1, 0.15) is 23.9 Å². The fraction of sp³-hybridized carbons (Fsp3) is 0.583. The monoisotopic (exact) mass is 525 g/mol. The molecule has 3 amide bonds. The highest BCUT2D eigenvalue weighted by atomic mass is 32.1. The van der Waals surface area contributed by atoms with E-state index in [1.54, 1.807) is 12.1 Å². The first kappa shape index (κ1) is 31.2. The number of nitrogens with one attached hydrogen (secondary N) is 3. The second-order valence-corrected chi connectivity index (χ2v) is 9.46. The number of unbranched alkanes of at least 4 members (excludes halogenated alkanes) is 1. The van der Waals surface area contributed by atoms with Crippen LogP contribution in [0.15, 0.2) is 24.3 Å². The van der Waals surface area contributed by atoms with E-state index in [9.17, 15) is 29.4 Å². The van der Waals surface area contributed by atoms with Gasteiger partial charge >= 0.3 is 5.97 Å². The van der Waals surface area contributed by atoms with Crippen LogP contribution in [0.4, 0.5) is 0 Å². The molecule has 0 saturated heterocycles. The van der Waals surface area contributed by atoms with E-state index in [-0.39, 0.29) is 30.3 Å². The third-order valence-electron chi connectivity index (χ3n) is 5.45. The van der Waals surface area contributed by atoms with Crippen LogP contribution < -0.4 is 27.4 Å². The second kappa shape index (κ2) is 16.0. The topological polar surface area (TPSA) is 197 Å². The summed E-state index contributed by atoms with van der Waals surface area (Å²) in [6.45, 7) is 4.15. The molecule has 202 valence electrons. The van der Waals surface area contributed by atoms with Crippen molar-refractivity contribution in [1.82, 2.24) is 16.0 Å². The van der Waals surface area contributed by atoms with Gasteiger partial charge in [-0.1, -0.05) is 32.4 Å². The summed E-state index contributed by atoms with van der Waals surface area (Å²) in [5.41, 5.74) is 12.0. The van der Waals surface area contributed by atoms with Crippen LogP contribution in [0.1, 0.15) is 45.1 Å². The van der Waals surface area contributed by atoms with Gasteiger partial charge in [-0.2, -0.15) is 12.6 Å². The number of amides is 3. The van der Waals surface area contributed by atoms with Gasteiger partial charge in [0, 0.05) is 12.2 Å². The van der Waals surface area contributed by atoms with Crippen molar-refractivity contribution in [1.29, 1.82) is 0 Å². The number of hydrogen-bond acceptors (Lipinski definition) is 8. The average molecular weight is 526 g/mol. The molecule has 0 aromatic heterocycles. The zero-order chi connectivity index (χ0) is 27.3. The quantitative estimate of drug-likeness (QED) is 0.108. The Morgan fingerprint density at radius 1 is 0.917 bits per heavy atom. The second-order valence-electron chi connectivity index (χ2n) is 9.10. The van der Waals surface area contributed by atoms with E-state index < -0.39 is 47.9 Å². The van der Waals surface area contributed by atoms with Crippen LogP contribution in [-0.2, 0) is 25.6 Å². The van der Waals surface area contributed by atoms with Crippen molar-refractivity contribution in [2.75, 3.05) is 12.3 Å². The summed E-state index contributed by atoms with van der Waals surface area (Å²) in [6.07, 6.45) is 2.02. The number of carbonyl (C=O) groups is 4. The Morgan fingerprint density at radius 2 is 1.47 bits per heavy atom. The molecule has 1 aromatic rings. The van der Waals surface area contributed by atoms with Crippen molar-refractivity contribution in [3.8, 4) is 5.75 Å². The third-order valence-corrected chi connectivity index (χ3v) is 5.82. The molecule has 0 radical (unpaired) electrons. The van der Waals surface area contributed by atoms with Gasteiger partial charge in [-0.3, -0.25) is 14.4 Å². The molecule has 36 heavy (non-hydrogen) atoms. The number of thiol groups is 1. The summed E-state index contributed by atoms with van der Waals surface area (Å²) in [5, 5.41) is 26.7. The van der Waals surface area contributed by atoms with Crippen molar-refractivity contribution >= 4 is 36.3 Å². The Hall–Kier alpha value is -2.83. The van der Waals surface area contributed by atoms with Gasteiger partial charge in [-0.05, 0) is 49.4 Å². The number of nitrogens with two attached hydrogens (primary N) is 2. The first-order chi connectivity index (χ1) is 17.0. The highest BCUT2D eigenvalue weighted by Crippen LogP contribution is 2.13. The molecule has 1 aromatic carbocycles. The van der Waals surface area contributed by atoms with E-state index in [1.165, 1.54) is 12.1 Å². The lowest BCUT2D eigenvalue weighted by Crippen LogP contribution is -2.58. The van der Waals surface area contributed by atoms with E-state index in [0.717, 1.165) is 6.42 Å². The number of hydrogen-bond donors (Lipinski definition) is 8. The Balaban J connectivity index is 3.00. The number of aromatic hydroxyl groups is 1. The number of aliphatic carboxylic acids is 1. The molecule has 4 unspecified atom stereocenters. The smallest absolute Gasteiger partial charge is 0.326 e. The number of phenolic OH excluding ortho intramolecular Hbond substituents is 1. The van der Waals surface area contributed by atoms with Crippen LogP contribution in [0.3, 0.4) is 0 Å². The van der Waals surface area contributed by atoms with E-state index in [1.807, 2.05) is 13.8 Å². The molecule has 0 heterocycles. The molecule has 0 spiro atoms. The Bertz CT molecular complexity index is 867. The lowest BCUT2D eigenvalue weighted by molar-refractivity contribution is -0.142. The van der Waals surface area contributed by atoms with Crippen LogP contribution in [0.25, 0.3) is 0 Å². The maximum absolute atomic E-state index is 13.1. The zero-order valence-electron chi connectivity index (χ0n) is 20.8. The summed E-state index contributed by atoms with van der Waals surface area (Å²) in [4.78, 5) is 50.1. The van der Waals surface area contributed by atoms with Gasteiger partial charge in [0.2, 0.25) is 17.7 Å². The molecule has 0 bridgehead atoms. The van der Waals surface area contributed by atoms with Crippen molar-refractivity contribution < 1.29 is 29.4 Å². The minimum Gasteiger partial charge on any atom is -0.508 e. The number of carboxylic acid groups (broad SMARTS) is 1. The SMILES string of the molecule is CC(C)CC(NC(=O)C(Cc1ccc(O)cc1)NC(=O)C(CS)NC(=O)C(N)CCCCN)C(=O)O. The Kier molecular flexibility index (Phi) is 13.9. The number of benzene rings is 1. The summed E-state index contributed by atoms with van der Waals surface area (Å²) in [5.74, 6) is -3.07. The average Bonchev–Trinajstić information content (AvgIpc) is 2.82. The van der Waals surface area contributed by atoms with E-state index in [4.69, 9.17) is 11.5 Å². The fourth-order valence-electron chi connectivity index (χ4n) is 3.43. The van der Waals surface area contributed by atoms with Gasteiger partial charge in [0.15, 0.2) is 0 Å². The van der Waals surface area contributed by atoms with Crippen LogP contribution in [0.2, 0.25) is 0 Å². The lowest BCUT2D eigenvalue weighted by Gasteiger charge is -2.25. The van der Waals surface area contributed by atoms with Gasteiger partial charge in [-0.25, -0.2) is 4.79 Å². The molecule has 12 heteroatoms.